The molecule has 2 rings (SSSR count). The maximum Gasteiger partial charge on any atom is 0.409 e. The van der Waals surface area contributed by atoms with Crippen LogP contribution in [0.5, 0.6) is 0 Å². The normalized spacial score (nSPS) is 15.3. The van der Waals surface area contributed by atoms with E-state index >= 15 is 0 Å². The highest BCUT2D eigenvalue weighted by atomic mass is 16.5. The number of methoxy groups -OCH3 is 1. The van der Waals surface area contributed by atoms with Gasteiger partial charge in [-0.2, -0.15) is 0 Å². The molecular formula is C16H24N2O2. The second kappa shape index (κ2) is 6.64. The van der Waals surface area contributed by atoms with Gasteiger partial charge in [-0.1, -0.05) is 32.0 Å². The largest absolute Gasteiger partial charge is 0.453 e. The van der Waals surface area contributed by atoms with Crippen LogP contribution in [0, 0.1) is 0 Å². The molecule has 1 saturated heterocycles. The van der Waals surface area contributed by atoms with Crippen molar-refractivity contribution >= 4 is 11.8 Å². The topological polar surface area (TPSA) is 32.8 Å². The predicted octanol–water partition coefficient (Wildman–Crippen LogP) is 2.70. The van der Waals surface area contributed by atoms with E-state index in [0.29, 0.717) is 0 Å². The number of para-hydroxylation sites is 1. The van der Waals surface area contributed by atoms with Crippen molar-refractivity contribution in [3.05, 3.63) is 29.3 Å². The number of rotatable bonds is 3. The van der Waals surface area contributed by atoms with Gasteiger partial charge in [-0.25, -0.2) is 4.79 Å². The molecule has 0 bridgehead atoms. The molecule has 0 aliphatic carbocycles. The van der Waals surface area contributed by atoms with Gasteiger partial charge in [0.1, 0.15) is 0 Å². The molecule has 1 fully saturated rings. The van der Waals surface area contributed by atoms with E-state index in [0.717, 1.165) is 39.0 Å². The number of ether oxygens (including phenoxy) is 1. The van der Waals surface area contributed by atoms with Crippen molar-refractivity contribution in [1.82, 2.24) is 4.90 Å². The summed E-state index contributed by atoms with van der Waals surface area (Å²) in [6, 6.07) is 6.56. The molecule has 1 aliphatic rings. The highest BCUT2D eigenvalue weighted by Gasteiger charge is 2.23. The number of carbonyl (C=O) groups is 1. The van der Waals surface area contributed by atoms with Crippen molar-refractivity contribution in [2.24, 2.45) is 0 Å². The van der Waals surface area contributed by atoms with Crippen LogP contribution in [0.2, 0.25) is 0 Å². The Morgan fingerprint density at radius 2 is 1.65 bits per heavy atom. The Bertz CT molecular complexity index is 443. The summed E-state index contributed by atoms with van der Waals surface area (Å²) in [5, 5.41) is 0. The molecule has 0 spiro atoms. The van der Waals surface area contributed by atoms with E-state index in [1.807, 2.05) is 0 Å². The molecule has 110 valence electrons. The molecule has 4 heteroatoms. The molecule has 1 aliphatic heterocycles. The van der Waals surface area contributed by atoms with Crippen molar-refractivity contribution in [3.63, 3.8) is 0 Å². The number of nitrogens with zero attached hydrogens (tertiary/aromatic N) is 2. The molecule has 20 heavy (non-hydrogen) atoms. The SMILES string of the molecule is CCc1cccc(CC)c1N1CCN(C(=O)OC)CC1. The average molecular weight is 276 g/mol. The van der Waals surface area contributed by atoms with Crippen molar-refractivity contribution in [2.75, 3.05) is 38.2 Å². The molecule has 0 atom stereocenters. The van der Waals surface area contributed by atoms with Crippen molar-refractivity contribution in [2.45, 2.75) is 26.7 Å². The lowest BCUT2D eigenvalue weighted by Crippen LogP contribution is -2.49. The fraction of sp³-hybridized carbons (Fsp3) is 0.562. The number of aryl methyl sites for hydroxylation is 2. The Morgan fingerprint density at radius 3 is 2.10 bits per heavy atom. The summed E-state index contributed by atoms with van der Waals surface area (Å²) in [6.45, 7) is 7.60. The lowest BCUT2D eigenvalue weighted by Gasteiger charge is -2.37. The lowest BCUT2D eigenvalue weighted by molar-refractivity contribution is 0.121. The fourth-order valence-electron chi connectivity index (χ4n) is 2.86. The number of carbonyl (C=O) groups excluding carboxylic acids is 1. The maximum atomic E-state index is 11.5. The predicted molar refractivity (Wildman–Crippen MR) is 81.4 cm³/mol. The smallest absolute Gasteiger partial charge is 0.409 e. The zero-order chi connectivity index (χ0) is 14.5. The monoisotopic (exact) mass is 276 g/mol. The molecule has 0 radical (unpaired) electrons. The summed E-state index contributed by atoms with van der Waals surface area (Å²) in [7, 11) is 1.44. The van der Waals surface area contributed by atoms with E-state index < -0.39 is 0 Å². The van der Waals surface area contributed by atoms with Crippen LogP contribution in [0.15, 0.2) is 18.2 Å². The van der Waals surface area contributed by atoms with Gasteiger partial charge in [0, 0.05) is 31.9 Å². The summed E-state index contributed by atoms with van der Waals surface area (Å²) < 4.78 is 4.79. The zero-order valence-electron chi connectivity index (χ0n) is 12.7. The lowest BCUT2D eigenvalue weighted by atomic mass is 10.0. The molecule has 1 amide bonds. The van der Waals surface area contributed by atoms with E-state index in [1.165, 1.54) is 23.9 Å². The van der Waals surface area contributed by atoms with Gasteiger partial charge in [0.05, 0.1) is 7.11 Å². The third kappa shape index (κ3) is 2.89. The van der Waals surface area contributed by atoms with Gasteiger partial charge in [-0.15, -0.1) is 0 Å². The summed E-state index contributed by atoms with van der Waals surface area (Å²) >= 11 is 0. The van der Waals surface area contributed by atoms with Gasteiger partial charge in [0.15, 0.2) is 0 Å². The molecule has 0 N–H and O–H groups in total. The second-order valence-electron chi connectivity index (χ2n) is 5.08. The van der Waals surface area contributed by atoms with Crippen molar-refractivity contribution < 1.29 is 9.53 Å². The number of benzene rings is 1. The molecule has 0 unspecified atom stereocenters. The fourth-order valence-corrected chi connectivity index (χ4v) is 2.86. The summed E-state index contributed by atoms with van der Waals surface area (Å²) in [6.07, 6.45) is 1.87. The van der Waals surface area contributed by atoms with Crippen LogP contribution in [0.25, 0.3) is 0 Å². The van der Waals surface area contributed by atoms with Crippen molar-refractivity contribution in [3.8, 4) is 0 Å². The Kier molecular flexibility index (Phi) is 4.88. The van der Waals surface area contributed by atoms with E-state index in [4.69, 9.17) is 4.74 Å². The van der Waals surface area contributed by atoms with Crippen LogP contribution in [-0.2, 0) is 17.6 Å². The molecule has 0 saturated carbocycles. The van der Waals surface area contributed by atoms with Gasteiger partial charge in [-0.05, 0) is 24.0 Å². The summed E-state index contributed by atoms with van der Waals surface area (Å²) in [4.78, 5) is 15.7. The molecular weight excluding hydrogens is 252 g/mol. The van der Waals surface area contributed by atoms with Gasteiger partial charge in [0.25, 0.3) is 0 Å². The first kappa shape index (κ1) is 14.7. The van der Waals surface area contributed by atoms with Crippen LogP contribution in [0.4, 0.5) is 10.5 Å². The maximum absolute atomic E-state index is 11.5. The van der Waals surface area contributed by atoms with Crippen LogP contribution < -0.4 is 4.90 Å². The molecule has 1 heterocycles. The standard InChI is InChI=1S/C16H24N2O2/c1-4-13-7-6-8-14(5-2)15(13)17-9-11-18(12-10-17)16(19)20-3/h6-8H,4-5,9-12H2,1-3H3. The molecule has 1 aromatic rings. The number of hydrogen-bond acceptors (Lipinski definition) is 3. The molecule has 0 aromatic heterocycles. The highest BCUT2D eigenvalue weighted by Crippen LogP contribution is 2.28. The van der Waals surface area contributed by atoms with Crippen LogP contribution in [0.3, 0.4) is 0 Å². The first-order valence-electron chi connectivity index (χ1n) is 7.39. The number of anilines is 1. The second-order valence-corrected chi connectivity index (χ2v) is 5.08. The van der Waals surface area contributed by atoms with Gasteiger partial charge < -0.3 is 14.5 Å². The van der Waals surface area contributed by atoms with E-state index in [1.54, 1.807) is 4.90 Å². The number of hydrogen-bond donors (Lipinski definition) is 0. The Morgan fingerprint density at radius 1 is 1.10 bits per heavy atom. The van der Waals surface area contributed by atoms with E-state index in [-0.39, 0.29) is 6.09 Å². The third-order valence-electron chi connectivity index (χ3n) is 3.99. The quantitative estimate of drug-likeness (QED) is 0.851. The first-order valence-corrected chi connectivity index (χ1v) is 7.39. The Balaban J connectivity index is 2.16. The van der Waals surface area contributed by atoms with Gasteiger partial charge in [0.2, 0.25) is 0 Å². The van der Waals surface area contributed by atoms with Crippen LogP contribution in [-0.4, -0.2) is 44.3 Å². The first-order chi connectivity index (χ1) is 9.71. The van der Waals surface area contributed by atoms with E-state index in [9.17, 15) is 4.79 Å². The van der Waals surface area contributed by atoms with Gasteiger partial charge >= 0.3 is 6.09 Å². The number of amides is 1. The molecule has 1 aromatic carbocycles. The summed E-state index contributed by atoms with van der Waals surface area (Å²) in [5.74, 6) is 0. The van der Waals surface area contributed by atoms with Crippen LogP contribution in [0.1, 0.15) is 25.0 Å². The van der Waals surface area contributed by atoms with Crippen molar-refractivity contribution in [1.29, 1.82) is 0 Å². The Labute approximate surface area is 121 Å². The minimum Gasteiger partial charge on any atom is -0.453 e. The van der Waals surface area contributed by atoms with Crippen LogP contribution >= 0.6 is 0 Å². The van der Waals surface area contributed by atoms with Gasteiger partial charge in [-0.3, -0.25) is 0 Å². The average Bonchev–Trinajstić information content (AvgIpc) is 2.53. The summed E-state index contributed by atoms with van der Waals surface area (Å²) in [5.41, 5.74) is 4.17. The number of piperazine rings is 1. The zero-order valence-corrected chi connectivity index (χ0v) is 12.7. The molecule has 4 nitrogen and oxygen atoms in total. The highest BCUT2D eigenvalue weighted by molar-refractivity contribution is 5.68. The van der Waals surface area contributed by atoms with E-state index in [2.05, 4.69) is 36.9 Å². The minimum atomic E-state index is -0.218. The Hall–Kier alpha value is -1.71. The minimum absolute atomic E-state index is 0.218. The third-order valence-corrected chi connectivity index (χ3v) is 3.99.